The predicted octanol–water partition coefficient (Wildman–Crippen LogP) is 2.44. The second kappa shape index (κ2) is 8.38. The van der Waals surface area contributed by atoms with Gasteiger partial charge in [0.2, 0.25) is 0 Å². The summed E-state index contributed by atoms with van der Waals surface area (Å²) in [7, 11) is -2.52. The highest BCUT2D eigenvalue weighted by atomic mass is 32.2. The van der Waals surface area contributed by atoms with Crippen molar-refractivity contribution in [3.05, 3.63) is 28.5 Å². The summed E-state index contributed by atoms with van der Waals surface area (Å²) in [6, 6.07) is 3.22. The van der Waals surface area contributed by atoms with Crippen LogP contribution in [0.2, 0.25) is 0 Å². The van der Waals surface area contributed by atoms with E-state index in [2.05, 4.69) is 20.9 Å². The lowest BCUT2D eigenvalue weighted by molar-refractivity contribution is 0.253. The molecule has 12 heteroatoms. The Morgan fingerprint density at radius 3 is 2.23 bits per heavy atom. The first-order valence-corrected chi connectivity index (χ1v) is 10.8. The molecule has 0 aliphatic heterocycles. The van der Waals surface area contributed by atoms with Crippen LogP contribution in [0.1, 0.15) is 4.88 Å². The maximum absolute atomic E-state index is 12.2. The summed E-state index contributed by atoms with van der Waals surface area (Å²) >= 11 is 2.64. The molecule has 2 rings (SSSR count). The van der Waals surface area contributed by atoms with E-state index in [1.165, 1.54) is 41.6 Å². The molecule has 4 N–H and O–H groups in total. The van der Waals surface area contributed by atoms with Crippen molar-refractivity contribution in [3.8, 4) is 0 Å². The van der Waals surface area contributed by atoms with E-state index in [0.29, 0.717) is 0 Å². The first-order valence-electron chi connectivity index (χ1n) is 7.17. The van der Waals surface area contributed by atoms with Crippen molar-refractivity contribution in [1.29, 1.82) is 0 Å². The number of thioether (sulfide) groups is 1. The first kappa shape index (κ1) is 20.0. The minimum absolute atomic E-state index is 0.0166. The van der Waals surface area contributed by atoms with Gasteiger partial charge >= 0.3 is 12.1 Å². The number of carbonyl (C=O) groups is 2. The van der Waals surface area contributed by atoms with E-state index in [1.54, 1.807) is 19.1 Å². The highest BCUT2D eigenvalue weighted by molar-refractivity contribution is 7.98. The fourth-order valence-electron chi connectivity index (χ4n) is 1.81. The molecule has 0 aliphatic carbocycles. The Morgan fingerprint density at radius 1 is 1.12 bits per heavy atom. The number of rotatable bonds is 5. The predicted molar refractivity (Wildman–Crippen MR) is 102 cm³/mol. The Hall–Kier alpha value is -2.31. The molecule has 0 saturated carbocycles. The number of urea groups is 2. The van der Waals surface area contributed by atoms with Crippen LogP contribution in [-0.2, 0) is 10.0 Å². The van der Waals surface area contributed by atoms with E-state index in [9.17, 15) is 18.0 Å². The zero-order valence-electron chi connectivity index (χ0n) is 14.1. The summed E-state index contributed by atoms with van der Waals surface area (Å²) in [5.41, 5.74) is 0. The van der Waals surface area contributed by atoms with Gasteiger partial charge in [0.15, 0.2) is 0 Å². The molecule has 0 spiro atoms. The number of anilines is 2. The quantitative estimate of drug-likeness (QED) is 0.555. The fourth-order valence-corrected chi connectivity index (χ4v) is 4.31. The van der Waals surface area contributed by atoms with Crippen molar-refractivity contribution < 1.29 is 18.0 Å². The van der Waals surface area contributed by atoms with Crippen LogP contribution in [0, 0.1) is 6.92 Å². The Balaban J connectivity index is 2.15. The van der Waals surface area contributed by atoms with Gasteiger partial charge in [0.1, 0.15) is 11.6 Å². The van der Waals surface area contributed by atoms with Crippen LogP contribution in [-0.4, -0.2) is 38.8 Å². The number of nitrogens with zero attached hydrogens (tertiary/aromatic N) is 1. The third-order valence-electron chi connectivity index (χ3n) is 2.99. The maximum atomic E-state index is 12.2. The van der Waals surface area contributed by atoms with Gasteiger partial charge in [-0.3, -0.25) is 10.6 Å². The fraction of sp³-hybridized carbons (Fsp3) is 0.214. The molecule has 0 atom stereocenters. The molecule has 9 nitrogen and oxygen atoms in total. The molecule has 0 bridgehead atoms. The van der Waals surface area contributed by atoms with Crippen LogP contribution >= 0.6 is 23.1 Å². The molecular weight excluding hydrogens is 398 g/mol. The number of hydrogen-bond donors (Lipinski definition) is 4. The van der Waals surface area contributed by atoms with Crippen LogP contribution in [0.25, 0.3) is 0 Å². The molecular formula is C14H17N5O4S3. The van der Waals surface area contributed by atoms with E-state index in [-0.39, 0.29) is 16.5 Å². The summed E-state index contributed by atoms with van der Waals surface area (Å²) in [5.74, 6) is 0.306. The highest BCUT2D eigenvalue weighted by Crippen LogP contribution is 2.22. The van der Waals surface area contributed by atoms with E-state index in [4.69, 9.17) is 0 Å². The van der Waals surface area contributed by atoms with E-state index in [1.807, 2.05) is 11.0 Å². The third kappa shape index (κ3) is 5.34. The molecule has 2 heterocycles. The van der Waals surface area contributed by atoms with Crippen molar-refractivity contribution in [2.75, 3.05) is 23.9 Å². The van der Waals surface area contributed by atoms with Crippen LogP contribution in [0.15, 0.2) is 33.4 Å². The van der Waals surface area contributed by atoms with Crippen LogP contribution in [0.3, 0.4) is 0 Å². The number of carbonyl (C=O) groups excluding carboxylic acids is 2. The van der Waals surface area contributed by atoms with Gasteiger partial charge in [-0.1, -0.05) is 0 Å². The van der Waals surface area contributed by atoms with E-state index >= 15 is 0 Å². The van der Waals surface area contributed by atoms with Gasteiger partial charge in [0.25, 0.3) is 10.0 Å². The number of pyridine rings is 1. The zero-order valence-corrected chi connectivity index (χ0v) is 16.6. The van der Waals surface area contributed by atoms with Gasteiger partial charge < -0.3 is 5.32 Å². The van der Waals surface area contributed by atoms with E-state index < -0.39 is 22.1 Å². The van der Waals surface area contributed by atoms with Crippen molar-refractivity contribution in [3.63, 3.8) is 0 Å². The number of nitrogens with one attached hydrogen (secondary N) is 4. The Bertz CT molecular complexity index is 926. The van der Waals surface area contributed by atoms with Gasteiger partial charge in [0, 0.05) is 22.2 Å². The second-order valence-corrected chi connectivity index (χ2v) is 8.61. The molecule has 0 aromatic carbocycles. The van der Waals surface area contributed by atoms with Gasteiger partial charge in [-0.05, 0) is 31.4 Å². The number of aryl methyl sites for hydroxylation is 1. The van der Waals surface area contributed by atoms with Crippen LogP contribution in [0.4, 0.5) is 21.2 Å². The lowest BCUT2D eigenvalue weighted by Crippen LogP contribution is -2.34. The van der Waals surface area contributed by atoms with Crippen LogP contribution in [0.5, 0.6) is 0 Å². The Labute approximate surface area is 159 Å². The topological polar surface area (TPSA) is 129 Å². The molecule has 0 unspecified atom stereocenters. The van der Waals surface area contributed by atoms with Gasteiger partial charge in [0.05, 0.1) is 4.90 Å². The first-order chi connectivity index (χ1) is 12.2. The minimum Gasteiger partial charge on any atom is -0.341 e. The zero-order chi connectivity index (χ0) is 19.3. The summed E-state index contributed by atoms with van der Waals surface area (Å²) in [4.78, 5) is 29.1. The SMILES string of the molecule is CNC(=O)Nc1cc(SC)cc(NC(=O)NS(=O)(=O)c2csc(C)c2)n1. The summed E-state index contributed by atoms with van der Waals surface area (Å²) < 4.78 is 26.3. The smallest absolute Gasteiger partial charge is 0.334 e. The molecule has 140 valence electrons. The third-order valence-corrected chi connectivity index (χ3v) is 6.02. The summed E-state index contributed by atoms with van der Waals surface area (Å²) in [5, 5.41) is 8.69. The van der Waals surface area contributed by atoms with Gasteiger partial charge in [-0.25, -0.2) is 27.7 Å². The normalized spacial score (nSPS) is 10.9. The van der Waals surface area contributed by atoms with Crippen molar-refractivity contribution >= 4 is 56.8 Å². The largest absolute Gasteiger partial charge is 0.341 e. The molecule has 26 heavy (non-hydrogen) atoms. The average Bonchev–Trinajstić information content (AvgIpc) is 3.01. The maximum Gasteiger partial charge on any atom is 0.334 e. The monoisotopic (exact) mass is 415 g/mol. The number of hydrogen-bond acceptors (Lipinski definition) is 7. The molecule has 0 aliphatic rings. The van der Waals surface area contributed by atoms with Crippen molar-refractivity contribution in [2.45, 2.75) is 16.7 Å². The molecule has 4 amide bonds. The standard InChI is InChI=1S/C14H17N5O4S3/c1-8-4-10(7-25-8)26(22,23)19-14(21)18-12-6-9(24-3)5-11(16-12)17-13(20)15-2/h4-7H,1-3H3,(H4,15,16,17,18,19,20,21). The number of sulfonamides is 1. The van der Waals surface area contributed by atoms with Crippen molar-refractivity contribution in [2.24, 2.45) is 0 Å². The molecule has 0 saturated heterocycles. The summed E-state index contributed by atoms with van der Waals surface area (Å²) in [6.45, 7) is 1.77. The lowest BCUT2D eigenvalue weighted by atomic mass is 10.4. The highest BCUT2D eigenvalue weighted by Gasteiger charge is 2.19. The summed E-state index contributed by atoms with van der Waals surface area (Å²) in [6.07, 6.45) is 1.81. The lowest BCUT2D eigenvalue weighted by Gasteiger charge is -2.10. The number of amides is 4. The van der Waals surface area contributed by atoms with Crippen molar-refractivity contribution in [1.82, 2.24) is 15.0 Å². The van der Waals surface area contributed by atoms with Gasteiger partial charge in [-0.15, -0.1) is 23.1 Å². The molecule has 2 aromatic rings. The minimum atomic E-state index is -3.97. The number of thiophene rings is 1. The number of aromatic nitrogens is 1. The average molecular weight is 416 g/mol. The van der Waals surface area contributed by atoms with Crippen LogP contribution < -0.4 is 20.7 Å². The Kier molecular flexibility index (Phi) is 6.45. The second-order valence-electron chi connectivity index (χ2n) is 4.93. The van der Waals surface area contributed by atoms with E-state index in [0.717, 1.165) is 9.77 Å². The molecule has 0 fully saturated rings. The van der Waals surface area contributed by atoms with Gasteiger partial charge in [-0.2, -0.15) is 0 Å². The molecule has 2 aromatic heterocycles. The Morgan fingerprint density at radius 2 is 1.73 bits per heavy atom. The molecule has 0 radical (unpaired) electrons.